The van der Waals surface area contributed by atoms with Crippen molar-refractivity contribution in [3.05, 3.63) is 29.8 Å². The zero-order chi connectivity index (χ0) is 12.7. The monoisotopic (exact) mass is 236 g/mol. The molecule has 1 amide bonds. The summed E-state index contributed by atoms with van der Waals surface area (Å²) in [5, 5.41) is 11.5. The van der Waals surface area contributed by atoms with Crippen LogP contribution in [0, 0.1) is 0 Å². The minimum Gasteiger partial charge on any atom is -0.496 e. The summed E-state index contributed by atoms with van der Waals surface area (Å²) in [7, 11) is 3.07. The lowest BCUT2D eigenvalue weighted by Gasteiger charge is -2.07. The van der Waals surface area contributed by atoms with Crippen molar-refractivity contribution < 1.29 is 14.6 Å². The van der Waals surface area contributed by atoms with Crippen LogP contribution in [0.25, 0.3) is 0 Å². The molecule has 0 fully saturated rings. The van der Waals surface area contributed by atoms with Crippen molar-refractivity contribution in [2.24, 2.45) is 4.99 Å². The third kappa shape index (κ3) is 3.57. The molecule has 2 N–H and O–H groups in total. The lowest BCUT2D eigenvalue weighted by Crippen LogP contribution is -2.33. The molecule has 0 aliphatic carbocycles. The number of carbonyl (C=O) groups excluding carboxylic acids is 1. The normalized spacial score (nSPS) is 12.4. The molecule has 1 atom stereocenters. The molecule has 0 aromatic heterocycles. The molecule has 0 spiro atoms. The predicted molar refractivity (Wildman–Crippen MR) is 65.5 cm³/mol. The molecule has 0 heterocycles. The van der Waals surface area contributed by atoms with Gasteiger partial charge >= 0.3 is 0 Å². The first-order valence-corrected chi connectivity index (χ1v) is 5.21. The molecule has 0 aliphatic rings. The Balaban J connectivity index is 2.84. The highest BCUT2D eigenvalue weighted by Crippen LogP contribution is 2.14. The van der Waals surface area contributed by atoms with Gasteiger partial charge in [0.1, 0.15) is 5.75 Å². The summed E-state index contributed by atoms with van der Waals surface area (Å²) in [4.78, 5) is 15.3. The van der Waals surface area contributed by atoms with Crippen LogP contribution in [0.5, 0.6) is 5.75 Å². The Labute approximate surface area is 100 Å². The molecular weight excluding hydrogens is 220 g/mol. The van der Waals surface area contributed by atoms with E-state index in [1.54, 1.807) is 13.2 Å². The number of carbonyl (C=O) groups is 1. The number of nitrogens with one attached hydrogen (secondary N) is 1. The number of aliphatic imine (C=N–C) groups is 1. The molecule has 5 nitrogen and oxygen atoms in total. The van der Waals surface area contributed by atoms with Crippen molar-refractivity contribution in [2.75, 3.05) is 20.8 Å². The van der Waals surface area contributed by atoms with Crippen LogP contribution in [0.3, 0.4) is 0 Å². The van der Waals surface area contributed by atoms with E-state index >= 15 is 0 Å². The van der Waals surface area contributed by atoms with Gasteiger partial charge in [-0.05, 0) is 12.1 Å². The molecule has 92 valence electrons. The Morgan fingerprint density at radius 3 is 2.88 bits per heavy atom. The smallest absolute Gasteiger partial charge is 0.246 e. The number of amides is 1. The van der Waals surface area contributed by atoms with Crippen LogP contribution in [0.15, 0.2) is 29.3 Å². The van der Waals surface area contributed by atoms with E-state index in [1.807, 2.05) is 18.2 Å². The Hall–Kier alpha value is -1.88. The summed E-state index contributed by atoms with van der Waals surface area (Å²) in [6.45, 7) is -0.328. The van der Waals surface area contributed by atoms with Crippen molar-refractivity contribution >= 4 is 12.1 Å². The third-order valence-corrected chi connectivity index (χ3v) is 2.25. The summed E-state index contributed by atoms with van der Waals surface area (Å²) in [5.41, 5.74) is 0.761. The van der Waals surface area contributed by atoms with Crippen LogP contribution >= 0.6 is 0 Å². The van der Waals surface area contributed by atoms with Crippen molar-refractivity contribution in [1.82, 2.24) is 5.32 Å². The van der Waals surface area contributed by atoms with E-state index in [-0.39, 0.29) is 12.5 Å². The maximum absolute atomic E-state index is 11.3. The molecule has 0 unspecified atom stereocenters. The molecule has 1 aromatic carbocycles. The van der Waals surface area contributed by atoms with Gasteiger partial charge in [0.15, 0.2) is 6.04 Å². The molecule has 0 radical (unpaired) electrons. The average molecular weight is 236 g/mol. The van der Waals surface area contributed by atoms with Gasteiger partial charge < -0.3 is 15.2 Å². The predicted octanol–water partition coefficient (Wildman–Crippen LogP) is 0.221. The molecule has 1 rings (SSSR count). The largest absolute Gasteiger partial charge is 0.496 e. The fourth-order valence-electron chi connectivity index (χ4n) is 1.31. The second-order valence-electron chi connectivity index (χ2n) is 3.33. The number of benzene rings is 1. The van der Waals surface area contributed by atoms with Gasteiger partial charge in [-0.25, -0.2) is 0 Å². The molecule has 0 saturated carbocycles. The highest BCUT2D eigenvalue weighted by molar-refractivity contribution is 5.88. The summed E-state index contributed by atoms with van der Waals surface area (Å²) in [5.74, 6) is 0.350. The zero-order valence-corrected chi connectivity index (χ0v) is 9.88. The third-order valence-electron chi connectivity index (χ3n) is 2.25. The van der Waals surface area contributed by atoms with Crippen LogP contribution in [0.2, 0.25) is 0 Å². The highest BCUT2D eigenvalue weighted by atomic mass is 16.5. The number of likely N-dealkylation sites (N-methyl/N-ethyl adjacent to an activating group) is 1. The maximum Gasteiger partial charge on any atom is 0.246 e. The topological polar surface area (TPSA) is 70.9 Å². The number of hydrogen-bond donors (Lipinski definition) is 2. The van der Waals surface area contributed by atoms with Crippen LogP contribution in [0.4, 0.5) is 0 Å². The zero-order valence-electron chi connectivity index (χ0n) is 9.88. The average Bonchev–Trinajstić information content (AvgIpc) is 2.39. The molecular formula is C12H16N2O3. The number of para-hydroxylation sites is 1. The fraction of sp³-hybridized carbons (Fsp3) is 0.333. The summed E-state index contributed by atoms with van der Waals surface area (Å²) in [6, 6.07) is 6.52. The van der Waals surface area contributed by atoms with Crippen LogP contribution in [-0.2, 0) is 4.79 Å². The lowest BCUT2D eigenvalue weighted by atomic mass is 10.2. The number of ether oxygens (including phenoxy) is 1. The van der Waals surface area contributed by atoms with E-state index in [2.05, 4.69) is 10.3 Å². The molecule has 5 heteroatoms. The highest BCUT2D eigenvalue weighted by Gasteiger charge is 2.13. The van der Waals surface area contributed by atoms with E-state index in [0.717, 1.165) is 5.56 Å². The molecule has 0 bridgehead atoms. The van der Waals surface area contributed by atoms with Gasteiger partial charge in [-0.15, -0.1) is 0 Å². The van der Waals surface area contributed by atoms with Crippen molar-refractivity contribution in [3.63, 3.8) is 0 Å². The van der Waals surface area contributed by atoms with Gasteiger partial charge in [0.25, 0.3) is 0 Å². The number of nitrogens with zero attached hydrogens (tertiary/aromatic N) is 1. The first-order valence-electron chi connectivity index (χ1n) is 5.21. The van der Waals surface area contributed by atoms with Gasteiger partial charge in [0, 0.05) is 18.8 Å². The van der Waals surface area contributed by atoms with Gasteiger partial charge in [-0.2, -0.15) is 0 Å². The molecule has 1 aromatic rings. The Kier molecular flexibility index (Phi) is 5.16. The number of aliphatic hydroxyl groups is 1. The Bertz CT molecular complexity index is 404. The number of methoxy groups -OCH3 is 1. The van der Waals surface area contributed by atoms with Gasteiger partial charge in [-0.3, -0.25) is 9.79 Å². The first-order chi connectivity index (χ1) is 8.22. The standard InChI is InChI=1S/C12H16N2O3/c1-13-12(16)10(8-15)14-7-9-5-3-4-6-11(9)17-2/h3-7,10,15H,8H2,1-2H3,(H,13,16)/t10-/m0/s1. The number of hydrogen-bond acceptors (Lipinski definition) is 4. The number of rotatable bonds is 5. The van der Waals surface area contributed by atoms with Crippen LogP contribution in [0.1, 0.15) is 5.56 Å². The van der Waals surface area contributed by atoms with Crippen molar-refractivity contribution in [2.45, 2.75) is 6.04 Å². The molecule has 0 aliphatic heterocycles. The minimum atomic E-state index is -0.787. The van der Waals surface area contributed by atoms with E-state index < -0.39 is 6.04 Å². The second-order valence-corrected chi connectivity index (χ2v) is 3.33. The Morgan fingerprint density at radius 1 is 1.59 bits per heavy atom. The van der Waals surface area contributed by atoms with Crippen LogP contribution < -0.4 is 10.1 Å². The van der Waals surface area contributed by atoms with E-state index in [0.29, 0.717) is 5.75 Å². The first kappa shape index (κ1) is 13.2. The van der Waals surface area contributed by atoms with Gasteiger partial charge in [0.05, 0.1) is 13.7 Å². The molecule has 17 heavy (non-hydrogen) atoms. The second kappa shape index (κ2) is 6.65. The van der Waals surface area contributed by atoms with E-state index in [4.69, 9.17) is 9.84 Å². The summed E-state index contributed by atoms with van der Waals surface area (Å²) < 4.78 is 5.14. The van der Waals surface area contributed by atoms with E-state index in [1.165, 1.54) is 13.3 Å². The van der Waals surface area contributed by atoms with Gasteiger partial charge in [-0.1, -0.05) is 12.1 Å². The summed E-state index contributed by atoms with van der Waals surface area (Å²) in [6.07, 6.45) is 1.52. The minimum absolute atomic E-state index is 0.321. The number of aliphatic hydroxyl groups excluding tert-OH is 1. The quantitative estimate of drug-likeness (QED) is 0.718. The SMILES string of the molecule is CNC(=O)[C@H](CO)N=Cc1ccccc1OC. The fourth-order valence-corrected chi connectivity index (χ4v) is 1.31. The Morgan fingerprint density at radius 2 is 2.29 bits per heavy atom. The summed E-state index contributed by atoms with van der Waals surface area (Å²) >= 11 is 0. The van der Waals surface area contributed by atoms with Crippen molar-refractivity contribution in [3.8, 4) is 5.75 Å². The molecule has 0 saturated heterocycles. The van der Waals surface area contributed by atoms with Crippen LogP contribution in [-0.4, -0.2) is 44.0 Å². The van der Waals surface area contributed by atoms with Crippen molar-refractivity contribution in [1.29, 1.82) is 0 Å². The lowest BCUT2D eigenvalue weighted by molar-refractivity contribution is -0.122. The maximum atomic E-state index is 11.3. The van der Waals surface area contributed by atoms with Gasteiger partial charge in [0.2, 0.25) is 5.91 Å². The van der Waals surface area contributed by atoms with E-state index in [9.17, 15) is 4.79 Å².